The van der Waals surface area contributed by atoms with Gasteiger partial charge in [-0.15, -0.1) is 10.2 Å². The van der Waals surface area contributed by atoms with Gasteiger partial charge in [0.2, 0.25) is 5.91 Å². The normalized spacial score (nSPS) is 22.2. The second kappa shape index (κ2) is 5.56. The van der Waals surface area contributed by atoms with Crippen molar-refractivity contribution in [1.82, 2.24) is 25.2 Å². The number of aliphatic hydroxyl groups is 1. The summed E-state index contributed by atoms with van der Waals surface area (Å²) in [5.74, 6) is 0.746. The zero-order valence-corrected chi connectivity index (χ0v) is 11.0. The van der Waals surface area contributed by atoms with Gasteiger partial charge in [0.1, 0.15) is 5.82 Å². The summed E-state index contributed by atoms with van der Waals surface area (Å²) in [4.78, 5) is 11.9. The first kappa shape index (κ1) is 13.0. The summed E-state index contributed by atoms with van der Waals surface area (Å²) in [5, 5.41) is 23.4. The Morgan fingerprint density at radius 3 is 3.20 bits per heavy atom. The second-order valence-corrected chi connectivity index (χ2v) is 4.94. The lowest BCUT2D eigenvalue weighted by Crippen LogP contribution is -2.41. The number of amides is 1. The molecule has 0 bridgehead atoms. The number of carbonyl (C=O) groups is 1. The lowest BCUT2D eigenvalue weighted by molar-refractivity contribution is -0.122. The number of hydrogen-bond donors (Lipinski definition) is 3. The molecule has 0 radical (unpaired) electrons. The number of fused-ring (bicyclic) bond motifs is 1. The summed E-state index contributed by atoms with van der Waals surface area (Å²) < 4.78 is 1.91. The standard InChI is InChI=1S/C13H17N5O2/c19-9-7-10(15-8-9)13(20)14-5-4-12-17-16-11-3-1-2-6-18(11)12/h1-3,6,9-10,15,19H,4-5,7-8H2,(H,14,20). The summed E-state index contributed by atoms with van der Waals surface area (Å²) in [7, 11) is 0. The van der Waals surface area contributed by atoms with Crippen LogP contribution < -0.4 is 10.6 Å². The molecule has 1 saturated heterocycles. The maximum atomic E-state index is 11.9. The Bertz CT molecular complexity index is 612. The molecule has 1 aliphatic rings. The highest BCUT2D eigenvalue weighted by Gasteiger charge is 2.27. The largest absolute Gasteiger partial charge is 0.392 e. The third-order valence-electron chi connectivity index (χ3n) is 3.46. The molecular weight excluding hydrogens is 258 g/mol. The molecule has 0 saturated carbocycles. The van der Waals surface area contributed by atoms with Crippen LogP contribution in [0.4, 0.5) is 0 Å². The first-order valence-electron chi connectivity index (χ1n) is 6.72. The van der Waals surface area contributed by atoms with Crippen molar-refractivity contribution in [1.29, 1.82) is 0 Å². The van der Waals surface area contributed by atoms with Crippen LogP contribution in [-0.4, -0.2) is 50.8 Å². The summed E-state index contributed by atoms with van der Waals surface area (Å²) in [5.41, 5.74) is 0.800. The van der Waals surface area contributed by atoms with Crippen LogP contribution in [0.1, 0.15) is 12.2 Å². The molecule has 2 atom stereocenters. The van der Waals surface area contributed by atoms with Gasteiger partial charge >= 0.3 is 0 Å². The lowest BCUT2D eigenvalue weighted by Gasteiger charge is -2.10. The Morgan fingerprint density at radius 2 is 2.40 bits per heavy atom. The Morgan fingerprint density at radius 1 is 1.50 bits per heavy atom. The van der Waals surface area contributed by atoms with Gasteiger partial charge in [-0.1, -0.05) is 6.07 Å². The third-order valence-corrected chi connectivity index (χ3v) is 3.46. The van der Waals surface area contributed by atoms with E-state index in [9.17, 15) is 9.90 Å². The van der Waals surface area contributed by atoms with Crippen LogP contribution in [0.25, 0.3) is 5.65 Å². The molecule has 2 aromatic heterocycles. The maximum Gasteiger partial charge on any atom is 0.237 e. The molecule has 7 nitrogen and oxygen atoms in total. The molecule has 2 aromatic rings. The summed E-state index contributed by atoms with van der Waals surface area (Å²) in [6, 6.07) is 5.42. The fourth-order valence-electron chi connectivity index (χ4n) is 2.40. The van der Waals surface area contributed by atoms with Gasteiger partial charge in [-0.25, -0.2) is 0 Å². The van der Waals surface area contributed by atoms with Crippen molar-refractivity contribution in [3.8, 4) is 0 Å². The predicted molar refractivity (Wildman–Crippen MR) is 72.1 cm³/mol. The van der Waals surface area contributed by atoms with E-state index in [-0.39, 0.29) is 11.9 Å². The number of nitrogens with one attached hydrogen (secondary N) is 2. The van der Waals surface area contributed by atoms with Crippen LogP contribution >= 0.6 is 0 Å². The number of hydrogen-bond acceptors (Lipinski definition) is 5. The van der Waals surface area contributed by atoms with E-state index in [4.69, 9.17) is 0 Å². The van der Waals surface area contributed by atoms with Gasteiger partial charge in [0.25, 0.3) is 0 Å². The molecule has 3 heterocycles. The number of aromatic nitrogens is 3. The molecule has 20 heavy (non-hydrogen) atoms. The van der Waals surface area contributed by atoms with Gasteiger partial charge in [0, 0.05) is 25.7 Å². The number of aliphatic hydroxyl groups excluding tert-OH is 1. The van der Waals surface area contributed by atoms with Gasteiger partial charge in [-0.3, -0.25) is 9.20 Å². The number of rotatable bonds is 4. The maximum absolute atomic E-state index is 11.9. The van der Waals surface area contributed by atoms with Crippen LogP contribution in [0.5, 0.6) is 0 Å². The van der Waals surface area contributed by atoms with Gasteiger partial charge in [-0.05, 0) is 18.6 Å². The Hall–Kier alpha value is -1.99. The third kappa shape index (κ3) is 2.63. The molecular formula is C13H17N5O2. The highest BCUT2D eigenvalue weighted by Crippen LogP contribution is 2.06. The smallest absolute Gasteiger partial charge is 0.237 e. The molecule has 3 N–H and O–H groups in total. The van der Waals surface area contributed by atoms with Gasteiger partial charge < -0.3 is 15.7 Å². The van der Waals surface area contributed by atoms with E-state index in [1.807, 2.05) is 28.8 Å². The van der Waals surface area contributed by atoms with Gasteiger partial charge in [0.15, 0.2) is 5.65 Å². The molecule has 0 aliphatic carbocycles. The SMILES string of the molecule is O=C(NCCc1nnc2ccccn12)C1CC(O)CN1. The zero-order chi connectivity index (χ0) is 13.9. The molecule has 106 valence electrons. The van der Waals surface area contributed by atoms with Crippen molar-refractivity contribution in [3.63, 3.8) is 0 Å². The minimum Gasteiger partial charge on any atom is -0.392 e. The quantitative estimate of drug-likeness (QED) is 0.673. The van der Waals surface area contributed by atoms with Crippen molar-refractivity contribution < 1.29 is 9.90 Å². The van der Waals surface area contributed by atoms with E-state index in [2.05, 4.69) is 20.8 Å². The van der Waals surface area contributed by atoms with Crippen molar-refractivity contribution in [3.05, 3.63) is 30.2 Å². The van der Waals surface area contributed by atoms with Crippen LogP contribution in [0.3, 0.4) is 0 Å². The molecule has 0 spiro atoms. The van der Waals surface area contributed by atoms with E-state index in [1.165, 1.54) is 0 Å². The highest BCUT2D eigenvalue weighted by molar-refractivity contribution is 5.82. The van der Waals surface area contributed by atoms with Gasteiger partial charge in [-0.2, -0.15) is 0 Å². The average molecular weight is 275 g/mol. The lowest BCUT2D eigenvalue weighted by atomic mass is 10.2. The summed E-state index contributed by atoms with van der Waals surface area (Å²) in [6.07, 6.45) is 2.57. The number of nitrogens with zero attached hydrogens (tertiary/aromatic N) is 3. The zero-order valence-electron chi connectivity index (χ0n) is 11.0. The second-order valence-electron chi connectivity index (χ2n) is 4.94. The Balaban J connectivity index is 1.54. The molecule has 3 rings (SSSR count). The van der Waals surface area contributed by atoms with Crippen molar-refractivity contribution >= 4 is 11.6 Å². The number of β-amino-alcohol motifs (C(OH)–C–C–N with tert-alkyl or cyclic N) is 1. The molecule has 1 amide bonds. The highest BCUT2D eigenvalue weighted by atomic mass is 16.3. The first-order chi connectivity index (χ1) is 9.74. The minimum atomic E-state index is -0.425. The van der Waals surface area contributed by atoms with Crippen LogP contribution in [0, 0.1) is 0 Å². The summed E-state index contributed by atoms with van der Waals surface area (Å²) >= 11 is 0. The van der Waals surface area contributed by atoms with E-state index in [1.54, 1.807) is 0 Å². The summed E-state index contributed by atoms with van der Waals surface area (Å²) in [6.45, 7) is 0.982. The minimum absolute atomic E-state index is 0.0737. The van der Waals surface area contributed by atoms with Crippen molar-refractivity contribution in [2.24, 2.45) is 0 Å². The number of carbonyl (C=O) groups excluding carboxylic acids is 1. The van der Waals surface area contributed by atoms with E-state index >= 15 is 0 Å². The van der Waals surface area contributed by atoms with Crippen molar-refractivity contribution in [2.45, 2.75) is 25.0 Å². The molecule has 0 aromatic carbocycles. The Kier molecular flexibility index (Phi) is 3.62. The molecule has 1 aliphatic heterocycles. The molecule has 1 fully saturated rings. The average Bonchev–Trinajstić information content (AvgIpc) is 3.06. The molecule has 7 heteroatoms. The Labute approximate surface area is 116 Å². The predicted octanol–water partition coefficient (Wildman–Crippen LogP) is -0.889. The van der Waals surface area contributed by atoms with Crippen molar-refractivity contribution in [2.75, 3.05) is 13.1 Å². The van der Waals surface area contributed by atoms with Crippen LogP contribution in [0.2, 0.25) is 0 Å². The monoisotopic (exact) mass is 275 g/mol. The fourth-order valence-corrected chi connectivity index (χ4v) is 2.40. The van der Waals surface area contributed by atoms with E-state index in [0.29, 0.717) is 25.9 Å². The number of pyridine rings is 1. The first-order valence-corrected chi connectivity index (χ1v) is 6.72. The van der Waals surface area contributed by atoms with Gasteiger partial charge in [0.05, 0.1) is 12.1 Å². The molecule has 2 unspecified atom stereocenters. The topological polar surface area (TPSA) is 91.6 Å². The van der Waals surface area contributed by atoms with E-state index < -0.39 is 6.10 Å². The fraction of sp³-hybridized carbons (Fsp3) is 0.462. The van der Waals surface area contributed by atoms with Crippen LogP contribution in [0.15, 0.2) is 24.4 Å². The van der Waals surface area contributed by atoms with Crippen LogP contribution in [-0.2, 0) is 11.2 Å². The van der Waals surface area contributed by atoms with E-state index in [0.717, 1.165) is 11.5 Å².